The molecule has 0 N–H and O–H groups in total. The largest absolute Gasteiger partial charge is 0.465 e. The molecule has 2 aromatic rings. The fourth-order valence-corrected chi connectivity index (χ4v) is 3.18. The Labute approximate surface area is 139 Å². The van der Waals surface area contributed by atoms with Gasteiger partial charge in [0.1, 0.15) is 0 Å². The Morgan fingerprint density at radius 2 is 2.09 bits per heavy atom. The number of ether oxygens (including phenoxy) is 1. The number of esters is 1. The molecule has 23 heavy (non-hydrogen) atoms. The molecular weight excluding hydrogens is 312 g/mol. The summed E-state index contributed by atoms with van der Waals surface area (Å²) in [7, 11) is 3.07. The summed E-state index contributed by atoms with van der Waals surface area (Å²) in [4.78, 5) is 28.3. The summed E-state index contributed by atoms with van der Waals surface area (Å²) >= 11 is 1.44. The van der Waals surface area contributed by atoms with Gasteiger partial charge in [0.05, 0.1) is 12.7 Å². The van der Waals surface area contributed by atoms with Gasteiger partial charge in [-0.1, -0.05) is 43.3 Å². The molecule has 0 radical (unpaired) electrons. The maximum atomic E-state index is 12.0. The standard InChI is InChI=1S/C17H20N2O3S/c1-4-7-13-10-15(20)19(2)17(18-13)23-11-12-8-5-6-9-14(12)16(21)22-3/h5-6,8-10H,4,7,11H2,1-3H3. The second-order valence-electron chi connectivity index (χ2n) is 5.11. The molecule has 0 aliphatic rings. The highest BCUT2D eigenvalue weighted by molar-refractivity contribution is 7.98. The van der Waals surface area contributed by atoms with E-state index in [9.17, 15) is 9.59 Å². The van der Waals surface area contributed by atoms with E-state index in [2.05, 4.69) is 11.9 Å². The van der Waals surface area contributed by atoms with Crippen molar-refractivity contribution in [1.29, 1.82) is 0 Å². The number of benzene rings is 1. The number of aryl methyl sites for hydroxylation is 1. The van der Waals surface area contributed by atoms with Crippen LogP contribution in [0.25, 0.3) is 0 Å². The summed E-state index contributed by atoms with van der Waals surface area (Å²) in [5.74, 6) is 0.184. The van der Waals surface area contributed by atoms with Gasteiger partial charge in [-0.25, -0.2) is 9.78 Å². The molecule has 1 heterocycles. The molecule has 0 bridgehead atoms. The van der Waals surface area contributed by atoms with Gasteiger partial charge >= 0.3 is 5.97 Å². The van der Waals surface area contributed by atoms with Crippen molar-refractivity contribution in [2.45, 2.75) is 30.7 Å². The van der Waals surface area contributed by atoms with Crippen molar-refractivity contribution in [3.05, 3.63) is 57.5 Å². The van der Waals surface area contributed by atoms with Crippen LogP contribution < -0.4 is 5.56 Å². The van der Waals surface area contributed by atoms with Crippen LogP contribution in [-0.2, 0) is 24.0 Å². The fraction of sp³-hybridized carbons (Fsp3) is 0.353. The van der Waals surface area contributed by atoms with Gasteiger partial charge in [0.2, 0.25) is 0 Å². The zero-order chi connectivity index (χ0) is 16.8. The first-order chi connectivity index (χ1) is 11.1. The quantitative estimate of drug-likeness (QED) is 0.462. The number of carbonyl (C=O) groups excluding carboxylic acids is 1. The smallest absolute Gasteiger partial charge is 0.338 e. The minimum atomic E-state index is -0.359. The molecule has 0 aliphatic carbocycles. The van der Waals surface area contributed by atoms with Crippen molar-refractivity contribution in [3.8, 4) is 0 Å². The topological polar surface area (TPSA) is 61.2 Å². The highest BCUT2D eigenvalue weighted by Gasteiger charge is 2.13. The van der Waals surface area contributed by atoms with Crippen molar-refractivity contribution in [2.24, 2.45) is 7.05 Å². The van der Waals surface area contributed by atoms with Gasteiger partial charge in [-0.2, -0.15) is 0 Å². The van der Waals surface area contributed by atoms with Gasteiger partial charge in [0.25, 0.3) is 5.56 Å². The van der Waals surface area contributed by atoms with E-state index in [1.165, 1.54) is 23.4 Å². The van der Waals surface area contributed by atoms with Crippen molar-refractivity contribution in [2.75, 3.05) is 7.11 Å². The second kappa shape index (κ2) is 7.97. The van der Waals surface area contributed by atoms with E-state index >= 15 is 0 Å². The van der Waals surface area contributed by atoms with Gasteiger partial charge in [0, 0.05) is 24.6 Å². The van der Waals surface area contributed by atoms with E-state index < -0.39 is 0 Å². The van der Waals surface area contributed by atoms with Gasteiger partial charge in [-0.05, 0) is 18.1 Å². The number of aromatic nitrogens is 2. The molecule has 0 aliphatic heterocycles. The van der Waals surface area contributed by atoms with Crippen LogP contribution in [0.5, 0.6) is 0 Å². The van der Waals surface area contributed by atoms with E-state index in [0.717, 1.165) is 24.1 Å². The molecule has 0 spiro atoms. The average Bonchev–Trinajstić information content (AvgIpc) is 2.56. The molecule has 0 atom stereocenters. The normalized spacial score (nSPS) is 10.6. The minimum absolute atomic E-state index is 0.0628. The summed E-state index contributed by atoms with van der Waals surface area (Å²) in [6.45, 7) is 2.05. The minimum Gasteiger partial charge on any atom is -0.465 e. The van der Waals surface area contributed by atoms with Crippen LogP contribution in [-0.4, -0.2) is 22.6 Å². The SMILES string of the molecule is CCCc1cc(=O)n(C)c(SCc2ccccc2C(=O)OC)n1. The molecule has 6 heteroatoms. The van der Waals surface area contributed by atoms with Crippen molar-refractivity contribution >= 4 is 17.7 Å². The molecule has 0 saturated heterocycles. The van der Waals surface area contributed by atoms with Crippen molar-refractivity contribution in [3.63, 3.8) is 0 Å². The summed E-state index contributed by atoms with van der Waals surface area (Å²) in [6.07, 6.45) is 1.72. The number of nitrogens with zero attached hydrogens (tertiary/aromatic N) is 2. The Bertz CT molecular complexity index is 756. The van der Waals surface area contributed by atoms with Crippen LogP contribution in [0.1, 0.15) is 35.0 Å². The summed E-state index contributed by atoms with van der Waals surface area (Å²) in [5.41, 5.74) is 2.14. The lowest BCUT2D eigenvalue weighted by Crippen LogP contribution is -2.20. The van der Waals surface area contributed by atoms with Crippen LogP contribution in [0.4, 0.5) is 0 Å². The number of hydrogen-bond acceptors (Lipinski definition) is 5. The zero-order valence-electron chi connectivity index (χ0n) is 13.5. The van der Waals surface area contributed by atoms with E-state index in [1.54, 1.807) is 25.2 Å². The lowest BCUT2D eigenvalue weighted by atomic mass is 10.1. The number of rotatable bonds is 6. The number of carbonyl (C=O) groups is 1. The highest BCUT2D eigenvalue weighted by Crippen LogP contribution is 2.22. The molecular formula is C17H20N2O3S. The monoisotopic (exact) mass is 332 g/mol. The Hall–Kier alpha value is -2.08. The van der Waals surface area contributed by atoms with Crippen molar-refractivity contribution in [1.82, 2.24) is 9.55 Å². The van der Waals surface area contributed by atoms with Crippen LogP contribution in [0.3, 0.4) is 0 Å². The molecule has 122 valence electrons. The van der Waals surface area contributed by atoms with Crippen LogP contribution in [0.2, 0.25) is 0 Å². The number of methoxy groups -OCH3 is 1. The molecule has 0 fully saturated rings. The van der Waals surface area contributed by atoms with E-state index in [1.807, 2.05) is 12.1 Å². The van der Waals surface area contributed by atoms with E-state index in [0.29, 0.717) is 16.5 Å². The first-order valence-corrected chi connectivity index (χ1v) is 8.41. The van der Waals surface area contributed by atoms with Gasteiger partial charge in [-0.3, -0.25) is 9.36 Å². The van der Waals surface area contributed by atoms with Gasteiger partial charge in [-0.15, -0.1) is 0 Å². The third-order valence-electron chi connectivity index (χ3n) is 3.43. The molecule has 1 aromatic heterocycles. The lowest BCUT2D eigenvalue weighted by molar-refractivity contribution is 0.0600. The molecule has 5 nitrogen and oxygen atoms in total. The third-order valence-corrected chi connectivity index (χ3v) is 4.51. The number of thioether (sulfide) groups is 1. The van der Waals surface area contributed by atoms with E-state index in [4.69, 9.17) is 4.74 Å². The fourth-order valence-electron chi connectivity index (χ4n) is 2.17. The van der Waals surface area contributed by atoms with Crippen LogP contribution in [0.15, 0.2) is 40.3 Å². The number of hydrogen-bond donors (Lipinski definition) is 0. The van der Waals surface area contributed by atoms with Crippen molar-refractivity contribution < 1.29 is 9.53 Å². The molecule has 0 unspecified atom stereocenters. The molecule has 0 amide bonds. The van der Waals surface area contributed by atoms with Gasteiger partial charge in [0.15, 0.2) is 5.16 Å². The molecule has 0 saturated carbocycles. The van der Waals surface area contributed by atoms with Gasteiger partial charge < -0.3 is 4.74 Å². The van der Waals surface area contributed by atoms with E-state index in [-0.39, 0.29) is 11.5 Å². The Morgan fingerprint density at radius 3 is 2.78 bits per heavy atom. The van der Waals surface area contributed by atoms with Crippen LogP contribution >= 0.6 is 11.8 Å². The predicted molar refractivity (Wildman–Crippen MR) is 90.8 cm³/mol. The third kappa shape index (κ3) is 4.22. The molecule has 2 rings (SSSR count). The Balaban J connectivity index is 2.25. The zero-order valence-corrected chi connectivity index (χ0v) is 14.4. The summed E-state index contributed by atoms with van der Waals surface area (Å²) < 4.78 is 6.34. The first-order valence-electron chi connectivity index (χ1n) is 7.42. The molecule has 1 aromatic carbocycles. The average molecular weight is 332 g/mol. The maximum absolute atomic E-state index is 12.0. The Morgan fingerprint density at radius 1 is 1.35 bits per heavy atom. The second-order valence-corrected chi connectivity index (χ2v) is 6.06. The first kappa shape index (κ1) is 17.3. The summed E-state index contributed by atoms with van der Waals surface area (Å²) in [6, 6.07) is 8.88. The summed E-state index contributed by atoms with van der Waals surface area (Å²) in [5, 5.41) is 0.653. The highest BCUT2D eigenvalue weighted by atomic mass is 32.2. The predicted octanol–water partition coefficient (Wildman–Crippen LogP) is 2.81. The van der Waals surface area contributed by atoms with Crippen LogP contribution in [0, 0.1) is 0 Å². The lowest BCUT2D eigenvalue weighted by Gasteiger charge is -2.10. The Kier molecular flexibility index (Phi) is 5.98. The maximum Gasteiger partial charge on any atom is 0.338 e.